The molecule has 0 saturated carbocycles. The van der Waals surface area contributed by atoms with Gasteiger partial charge in [-0.25, -0.2) is 0 Å². The zero-order valence-electron chi connectivity index (χ0n) is 14.6. The molecule has 0 aliphatic carbocycles. The van der Waals surface area contributed by atoms with Gasteiger partial charge in [0.05, 0.1) is 12.1 Å². The number of nitrogens with one attached hydrogen (secondary N) is 2. The minimum atomic E-state index is -1.35. The fraction of sp³-hybridized carbons (Fsp3) is 0.765. The predicted octanol–water partition coefficient (Wildman–Crippen LogP) is 2.12. The number of rotatable bonds is 10. The highest BCUT2D eigenvalue weighted by Crippen LogP contribution is 2.31. The molecule has 0 fully saturated rings. The molecular formula is C17H28N4O2. The number of nitriles is 2. The number of amides is 2. The van der Waals surface area contributed by atoms with Crippen molar-refractivity contribution in [2.45, 2.75) is 53.4 Å². The van der Waals surface area contributed by atoms with E-state index in [0.717, 1.165) is 0 Å². The summed E-state index contributed by atoms with van der Waals surface area (Å²) in [6.07, 6.45) is 0.434. The van der Waals surface area contributed by atoms with E-state index in [0.29, 0.717) is 13.1 Å². The third kappa shape index (κ3) is 7.15. The molecule has 0 aliphatic heterocycles. The van der Waals surface area contributed by atoms with Gasteiger partial charge in [-0.3, -0.25) is 9.59 Å². The summed E-state index contributed by atoms with van der Waals surface area (Å²) in [7, 11) is 0. The Balaban J connectivity index is 5.38. The molecule has 128 valence electrons. The van der Waals surface area contributed by atoms with Crippen LogP contribution in [0.2, 0.25) is 0 Å². The summed E-state index contributed by atoms with van der Waals surface area (Å²) in [5.74, 6) is -0.277. The molecular weight excluding hydrogens is 292 g/mol. The normalized spacial score (nSPS) is 11.0. The molecule has 0 aliphatic rings. The van der Waals surface area contributed by atoms with Crippen molar-refractivity contribution in [3.8, 4) is 12.1 Å². The van der Waals surface area contributed by atoms with Gasteiger partial charge >= 0.3 is 0 Å². The molecule has 0 unspecified atom stereocenters. The van der Waals surface area contributed by atoms with E-state index >= 15 is 0 Å². The lowest BCUT2D eigenvalue weighted by Crippen LogP contribution is -2.52. The highest BCUT2D eigenvalue weighted by molar-refractivity contribution is 6.05. The Morgan fingerprint density at radius 2 is 1.22 bits per heavy atom. The zero-order valence-corrected chi connectivity index (χ0v) is 14.6. The lowest BCUT2D eigenvalue weighted by Gasteiger charge is -2.30. The summed E-state index contributed by atoms with van der Waals surface area (Å²) < 4.78 is 0. The van der Waals surface area contributed by atoms with Crippen LogP contribution in [0.1, 0.15) is 53.4 Å². The third-order valence-electron chi connectivity index (χ3n) is 3.54. The van der Waals surface area contributed by atoms with Crippen molar-refractivity contribution in [3.63, 3.8) is 0 Å². The summed E-state index contributed by atoms with van der Waals surface area (Å²) in [6.45, 7) is 8.77. The predicted molar refractivity (Wildman–Crippen MR) is 87.8 cm³/mol. The SMILES string of the molecule is CC(C)CNC(=O)C(CCC#N)(CCC#N)C(=O)NCC(C)C. The van der Waals surface area contributed by atoms with Crippen LogP contribution in [0.4, 0.5) is 0 Å². The van der Waals surface area contributed by atoms with Crippen molar-refractivity contribution >= 4 is 11.8 Å². The second-order valence-corrected chi connectivity index (χ2v) is 6.61. The minimum Gasteiger partial charge on any atom is -0.355 e. The van der Waals surface area contributed by atoms with Crippen molar-refractivity contribution in [2.24, 2.45) is 17.3 Å². The quantitative estimate of drug-likeness (QED) is 0.601. The first-order valence-electron chi connectivity index (χ1n) is 8.10. The molecule has 0 aromatic heterocycles. The standard InChI is InChI=1S/C17H28N4O2/c1-13(2)11-20-15(22)17(7-5-9-18,8-6-10-19)16(23)21-12-14(3)4/h13-14H,5-8,11-12H2,1-4H3,(H,20,22)(H,21,23). The molecule has 0 aromatic rings. The molecule has 2 amide bonds. The zero-order chi connectivity index (χ0) is 17.9. The average molecular weight is 320 g/mol. The molecule has 6 nitrogen and oxygen atoms in total. The maximum absolute atomic E-state index is 12.7. The summed E-state index contributed by atoms with van der Waals surface area (Å²) in [5, 5.41) is 23.3. The van der Waals surface area contributed by atoms with E-state index < -0.39 is 17.2 Å². The van der Waals surface area contributed by atoms with Gasteiger partial charge in [-0.15, -0.1) is 0 Å². The topological polar surface area (TPSA) is 106 Å². The number of nitrogens with zero attached hydrogens (tertiary/aromatic N) is 2. The molecule has 0 rings (SSSR count). The summed E-state index contributed by atoms with van der Waals surface area (Å²) in [4.78, 5) is 25.4. The molecule has 0 radical (unpaired) electrons. The largest absolute Gasteiger partial charge is 0.355 e. The Bertz CT molecular complexity index is 428. The fourth-order valence-electron chi connectivity index (χ4n) is 2.15. The molecule has 0 aromatic carbocycles. The van der Waals surface area contributed by atoms with E-state index in [2.05, 4.69) is 10.6 Å². The van der Waals surface area contributed by atoms with E-state index in [1.165, 1.54) is 0 Å². The second-order valence-electron chi connectivity index (χ2n) is 6.61. The Kier molecular flexibility index (Phi) is 9.65. The molecule has 0 heterocycles. The Labute approximate surface area is 139 Å². The van der Waals surface area contributed by atoms with Crippen LogP contribution in [0.25, 0.3) is 0 Å². The van der Waals surface area contributed by atoms with Crippen molar-refractivity contribution in [1.82, 2.24) is 10.6 Å². The second kappa shape index (κ2) is 10.6. The monoisotopic (exact) mass is 320 g/mol. The van der Waals surface area contributed by atoms with Crippen LogP contribution in [0.3, 0.4) is 0 Å². The first-order chi connectivity index (χ1) is 10.8. The van der Waals surface area contributed by atoms with Crippen molar-refractivity contribution < 1.29 is 9.59 Å². The van der Waals surface area contributed by atoms with Crippen LogP contribution in [0, 0.1) is 39.9 Å². The Morgan fingerprint density at radius 1 is 0.870 bits per heavy atom. The van der Waals surface area contributed by atoms with Crippen LogP contribution in [-0.2, 0) is 9.59 Å². The molecule has 0 atom stereocenters. The van der Waals surface area contributed by atoms with Gasteiger partial charge in [-0.1, -0.05) is 27.7 Å². The maximum Gasteiger partial charge on any atom is 0.235 e. The Hall–Kier alpha value is -2.08. The van der Waals surface area contributed by atoms with E-state index in [4.69, 9.17) is 10.5 Å². The average Bonchev–Trinajstić information content (AvgIpc) is 2.50. The first-order valence-corrected chi connectivity index (χ1v) is 8.10. The van der Waals surface area contributed by atoms with Crippen LogP contribution in [-0.4, -0.2) is 24.9 Å². The molecule has 0 saturated heterocycles. The lowest BCUT2D eigenvalue weighted by atomic mass is 9.77. The van der Waals surface area contributed by atoms with Gasteiger partial charge in [0.1, 0.15) is 5.41 Å². The van der Waals surface area contributed by atoms with Crippen LogP contribution >= 0.6 is 0 Å². The van der Waals surface area contributed by atoms with Crippen molar-refractivity contribution in [1.29, 1.82) is 10.5 Å². The number of carbonyl (C=O) groups is 2. The van der Waals surface area contributed by atoms with Crippen molar-refractivity contribution in [3.05, 3.63) is 0 Å². The molecule has 23 heavy (non-hydrogen) atoms. The van der Waals surface area contributed by atoms with Gasteiger partial charge in [0, 0.05) is 25.9 Å². The summed E-state index contributed by atoms with van der Waals surface area (Å²) in [6, 6.07) is 3.99. The smallest absolute Gasteiger partial charge is 0.235 e. The minimum absolute atomic E-state index is 0.0929. The fourth-order valence-corrected chi connectivity index (χ4v) is 2.15. The Morgan fingerprint density at radius 3 is 1.48 bits per heavy atom. The summed E-state index contributed by atoms with van der Waals surface area (Å²) >= 11 is 0. The van der Waals surface area contributed by atoms with E-state index in [1.807, 2.05) is 39.8 Å². The van der Waals surface area contributed by atoms with Gasteiger partial charge in [0.25, 0.3) is 0 Å². The van der Waals surface area contributed by atoms with Crippen LogP contribution in [0.5, 0.6) is 0 Å². The molecule has 0 bridgehead atoms. The lowest BCUT2D eigenvalue weighted by molar-refractivity contribution is -0.144. The van der Waals surface area contributed by atoms with E-state index in [9.17, 15) is 9.59 Å². The van der Waals surface area contributed by atoms with Gasteiger partial charge < -0.3 is 10.6 Å². The van der Waals surface area contributed by atoms with Gasteiger partial charge in [-0.05, 0) is 24.7 Å². The number of hydrogen-bond donors (Lipinski definition) is 2. The van der Waals surface area contributed by atoms with E-state index in [-0.39, 0.29) is 37.5 Å². The molecule has 6 heteroatoms. The third-order valence-corrected chi connectivity index (χ3v) is 3.54. The number of carbonyl (C=O) groups excluding carboxylic acids is 2. The first kappa shape index (κ1) is 20.9. The molecule has 0 spiro atoms. The van der Waals surface area contributed by atoms with Gasteiger partial charge in [0.15, 0.2) is 0 Å². The number of hydrogen-bond acceptors (Lipinski definition) is 4. The van der Waals surface area contributed by atoms with Crippen molar-refractivity contribution in [2.75, 3.05) is 13.1 Å². The highest BCUT2D eigenvalue weighted by atomic mass is 16.2. The van der Waals surface area contributed by atoms with E-state index in [1.54, 1.807) is 0 Å². The highest BCUT2D eigenvalue weighted by Gasteiger charge is 2.44. The summed E-state index contributed by atoms with van der Waals surface area (Å²) in [5.41, 5.74) is -1.35. The molecule has 2 N–H and O–H groups in total. The maximum atomic E-state index is 12.7. The van der Waals surface area contributed by atoms with Crippen LogP contribution in [0.15, 0.2) is 0 Å². The van der Waals surface area contributed by atoms with Gasteiger partial charge in [-0.2, -0.15) is 10.5 Å². The van der Waals surface area contributed by atoms with Crippen LogP contribution < -0.4 is 10.6 Å². The van der Waals surface area contributed by atoms with Gasteiger partial charge in [0.2, 0.25) is 11.8 Å².